The Morgan fingerprint density at radius 3 is 2.71 bits per heavy atom. The maximum Gasteiger partial charge on any atom is 0.252 e. The third kappa shape index (κ3) is 3.74. The fourth-order valence-corrected chi connectivity index (χ4v) is 2.75. The second-order valence-corrected chi connectivity index (χ2v) is 6.52. The van der Waals surface area contributed by atoms with Crippen LogP contribution < -0.4 is 5.56 Å². The van der Waals surface area contributed by atoms with E-state index < -0.39 is 10.8 Å². The van der Waals surface area contributed by atoms with Crippen molar-refractivity contribution in [1.29, 1.82) is 0 Å². The van der Waals surface area contributed by atoms with Crippen LogP contribution in [0.4, 0.5) is 0 Å². The van der Waals surface area contributed by atoms with Crippen molar-refractivity contribution in [3.05, 3.63) is 64.6 Å². The molecule has 7 heteroatoms. The van der Waals surface area contributed by atoms with Crippen LogP contribution in [0.1, 0.15) is 5.56 Å². The fraction of sp³-hybridized carbons (Fsp3) is 0.235. The number of aromatic nitrogens is 3. The summed E-state index contributed by atoms with van der Waals surface area (Å²) < 4.78 is 18.7. The summed E-state index contributed by atoms with van der Waals surface area (Å²) in [5.74, 6) is 0. The Bertz CT molecular complexity index is 925. The van der Waals surface area contributed by atoms with Crippen molar-refractivity contribution in [3.8, 4) is 0 Å². The van der Waals surface area contributed by atoms with Crippen LogP contribution in [0.5, 0.6) is 0 Å². The Balaban J connectivity index is 1.78. The molecule has 0 saturated carbocycles. The molecule has 3 rings (SSSR count). The maximum absolute atomic E-state index is 12.1. The molecular formula is C17H17N3O3S. The molecular weight excluding hydrogens is 326 g/mol. The molecule has 2 heterocycles. The van der Waals surface area contributed by atoms with Gasteiger partial charge in [0.1, 0.15) is 5.65 Å². The van der Waals surface area contributed by atoms with Crippen molar-refractivity contribution in [2.24, 2.45) is 0 Å². The zero-order valence-electron chi connectivity index (χ0n) is 13.2. The highest BCUT2D eigenvalue weighted by Gasteiger charge is 2.08. The van der Waals surface area contributed by atoms with Crippen molar-refractivity contribution >= 4 is 21.8 Å². The zero-order valence-corrected chi connectivity index (χ0v) is 14.0. The average Bonchev–Trinajstić information content (AvgIpc) is 2.60. The summed E-state index contributed by atoms with van der Waals surface area (Å²) in [6.45, 7) is 1.23. The van der Waals surface area contributed by atoms with Gasteiger partial charge in [-0.1, -0.05) is 30.3 Å². The Hall–Kier alpha value is -2.38. The summed E-state index contributed by atoms with van der Waals surface area (Å²) in [7, 11) is -1.30. The van der Waals surface area contributed by atoms with Crippen LogP contribution in [0.25, 0.3) is 11.0 Å². The molecule has 0 radical (unpaired) electrons. The minimum absolute atomic E-state index is 0.169. The summed E-state index contributed by atoms with van der Waals surface area (Å²) in [5, 5.41) is 0.943. The lowest BCUT2D eigenvalue weighted by molar-refractivity contribution is 0.113. The van der Waals surface area contributed by atoms with Gasteiger partial charge in [0.15, 0.2) is 0 Å². The van der Waals surface area contributed by atoms with Crippen molar-refractivity contribution in [1.82, 2.24) is 14.5 Å². The average molecular weight is 343 g/mol. The van der Waals surface area contributed by atoms with Gasteiger partial charge in [-0.3, -0.25) is 13.6 Å². The van der Waals surface area contributed by atoms with Gasteiger partial charge in [-0.05, 0) is 11.6 Å². The first-order chi connectivity index (χ1) is 11.6. The Morgan fingerprint density at radius 2 is 1.96 bits per heavy atom. The summed E-state index contributed by atoms with van der Waals surface area (Å²) >= 11 is 0. The van der Waals surface area contributed by atoms with Gasteiger partial charge in [-0.2, -0.15) is 0 Å². The van der Waals surface area contributed by atoms with E-state index in [0.29, 0.717) is 25.4 Å². The summed E-state index contributed by atoms with van der Waals surface area (Å²) in [6.07, 6.45) is 3.09. The van der Waals surface area contributed by atoms with Crippen molar-refractivity contribution in [2.45, 2.75) is 18.3 Å². The van der Waals surface area contributed by atoms with E-state index in [1.165, 1.54) is 16.9 Å². The lowest BCUT2D eigenvalue weighted by Gasteiger charge is -2.10. The van der Waals surface area contributed by atoms with Crippen LogP contribution in [0, 0.1) is 0 Å². The number of fused-ring (bicyclic) bond motifs is 1. The van der Waals surface area contributed by atoms with E-state index in [4.69, 9.17) is 4.74 Å². The first-order valence-corrected chi connectivity index (χ1v) is 9.02. The number of hydrogen-bond donors (Lipinski definition) is 0. The Labute approximate surface area is 141 Å². The van der Waals surface area contributed by atoms with Crippen LogP contribution in [-0.4, -0.2) is 31.6 Å². The quantitative estimate of drug-likeness (QED) is 0.503. The third-order valence-corrected chi connectivity index (χ3v) is 4.24. The van der Waals surface area contributed by atoms with Crippen molar-refractivity contribution in [2.75, 3.05) is 12.9 Å². The molecule has 124 valence electrons. The first-order valence-electron chi connectivity index (χ1n) is 7.47. The third-order valence-electron chi connectivity index (χ3n) is 3.53. The number of ether oxygens (including phenoxy) is 1. The van der Waals surface area contributed by atoms with E-state index in [9.17, 15) is 9.00 Å². The van der Waals surface area contributed by atoms with E-state index in [2.05, 4.69) is 9.97 Å². The SMILES string of the molecule is CS(=O)c1ncc2ccc(=O)n(CCOCc3ccccc3)c2n1. The van der Waals surface area contributed by atoms with Gasteiger partial charge in [0.2, 0.25) is 5.16 Å². The molecule has 0 fully saturated rings. The second-order valence-electron chi connectivity index (χ2n) is 5.25. The Kier molecular flexibility index (Phi) is 5.12. The molecule has 0 aliphatic carbocycles. The molecule has 6 nitrogen and oxygen atoms in total. The van der Waals surface area contributed by atoms with Gasteiger partial charge in [0.05, 0.1) is 30.6 Å². The molecule has 1 atom stereocenters. The van der Waals surface area contributed by atoms with Crippen molar-refractivity contribution < 1.29 is 8.95 Å². The molecule has 0 aliphatic heterocycles. The first kappa shape index (κ1) is 16.5. The predicted molar refractivity (Wildman–Crippen MR) is 92.2 cm³/mol. The van der Waals surface area contributed by atoms with Crippen LogP contribution in [0.2, 0.25) is 0 Å². The number of rotatable bonds is 6. The highest BCUT2D eigenvalue weighted by molar-refractivity contribution is 7.84. The number of pyridine rings is 1. The molecule has 2 aromatic heterocycles. The molecule has 3 aromatic rings. The maximum atomic E-state index is 12.1. The standard InChI is InChI=1S/C17H17N3O3S/c1-24(22)17-18-11-14-7-8-15(21)20(16(14)19-17)9-10-23-12-13-5-3-2-4-6-13/h2-8,11H,9-10,12H2,1H3. The topological polar surface area (TPSA) is 74.1 Å². The van der Waals surface area contributed by atoms with E-state index in [1.807, 2.05) is 30.3 Å². The molecule has 0 aliphatic rings. The molecule has 0 bridgehead atoms. The highest BCUT2D eigenvalue weighted by Crippen LogP contribution is 2.10. The van der Waals surface area contributed by atoms with Crippen molar-refractivity contribution in [3.63, 3.8) is 0 Å². The second kappa shape index (κ2) is 7.46. The normalized spacial score (nSPS) is 12.4. The summed E-state index contributed by atoms with van der Waals surface area (Å²) in [6, 6.07) is 13.0. The van der Waals surface area contributed by atoms with Gasteiger partial charge < -0.3 is 4.74 Å². The van der Waals surface area contributed by atoms with Crippen LogP contribution in [0.15, 0.2) is 58.6 Å². The Morgan fingerprint density at radius 1 is 1.17 bits per heavy atom. The van der Waals surface area contributed by atoms with E-state index in [-0.39, 0.29) is 10.7 Å². The van der Waals surface area contributed by atoms with E-state index in [1.54, 1.807) is 12.3 Å². The lowest BCUT2D eigenvalue weighted by Crippen LogP contribution is -2.23. The minimum Gasteiger partial charge on any atom is -0.375 e. The van der Waals surface area contributed by atoms with Crippen LogP contribution in [-0.2, 0) is 28.7 Å². The number of hydrogen-bond acceptors (Lipinski definition) is 5. The van der Waals surface area contributed by atoms with Gasteiger partial charge in [0.25, 0.3) is 5.56 Å². The molecule has 0 saturated heterocycles. The fourth-order valence-electron chi connectivity index (χ4n) is 2.33. The highest BCUT2D eigenvalue weighted by atomic mass is 32.2. The summed E-state index contributed by atoms with van der Waals surface area (Å²) in [4.78, 5) is 20.5. The number of benzene rings is 1. The van der Waals surface area contributed by atoms with Crippen LogP contribution >= 0.6 is 0 Å². The smallest absolute Gasteiger partial charge is 0.252 e. The van der Waals surface area contributed by atoms with Gasteiger partial charge in [0, 0.05) is 23.9 Å². The monoisotopic (exact) mass is 343 g/mol. The predicted octanol–water partition coefficient (Wildman–Crippen LogP) is 1.75. The molecule has 1 aromatic carbocycles. The molecule has 0 N–H and O–H groups in total. The molecule has 24 heavy (non-hydrogen) atoms. The zero-order chi connectivity index (χ0) is 16.9. The minimum atomic E-state index is -1.30. The van der Waals surface area contributed by atoms with Gasteiger partial charge >= 0.3 is 0 Å². The number of nitrogens with zero attached hydrogens (tertiary/aromatic N) is 3. The van der Waals surface area contributed by atoms with Crippen LogP contribution in [0.3, 0.4) is 0 Å². The molecule has 1 unspecified atom stereocenters. The summed E-state index contributed by atoms with van der Waals surface area (Å²) in [5.41, 5.74) is 1.39. The van der Waals surface area contributed by atoms with E-state index in [0.717, 1.165) is 10.9 Å². The molecule has 0 amide bonds. The largest absolute Gasteiger partial charge is 0.375 e. The lowest BCUT2D eigenvalue weighted by atomic mass is 10.2. The van der Waals surface area contributed by atoms with Gasteiger partial charge in [-0.25, -0.2) is 9.97 Å². The van der Waals surface area contributed by atoms with E-state index >= 15 is 0 Å². The van der Waals surface area contributed by atoms with Gasteiger partial charge in [-0.15, -0.1) is 0 Å². The molecule has 0 spiro atoms.